The molecule has 0 aromatic rings. The molecule has 2 aliphatic heterocycles. The first-order valence-corrected chi connectivity index (χ1v) is 9.50. The molecule has 3 heteroatoms. The van der Waals surface area contributed by atoms with Gasteiger partial charge in [0.1, 0.15) is 5.78 Å². The summed E-state index contributed by atoms with van der Waals surface area (Å²) in [5.74, 6) is 0.392. The van der Waals surface area contributed by atoms with Gasteiger partial charge in [-0.05, 0) is 53.6 Å². The molecule has 0 saturated carbocycles. The fraction of sp³-hybridized carbons (Fsp3) is 0.947. The molecule has 0 aromatic heterocycles. The van der Waals surface area contributed by atoms with Gasteiger partial charge < -0.3 is 4.90 Å². The average Bonchev–Trinajstić information content (AvgIpc) is 3.00. The summed E-state index contributed by atoms with van der Waals surface area (Å²) >= 11 is 0. The Morgan fingerprint density at radius 3 is 1.41 bits per heavy atom. The lowest BCUT2D eigenvalue weighted by molar-refractivity contribution is -0.117. The van der Waals surface area contributed by atoms with E-state index in [2.05, 4.69) is 37.5 Å². The lowest BCUT2D eigenvalue weighted by Gasteiger charge is -2.29. The van der Waals surface area contributed by atoms with Gasteiger partial charge in [0, 0.05) is 25.0 Å². The fourth-order valence-corrected chi connectivity index (χ4v) is 2.53. The molecule has 2 rings (SSSR count). The Labute approximate surface area is 140 Å². The first-order chi connectivity index (χ1) is 10.5. The highest BCUT2D eigenvalue weighted by atomic mass is 16.1. The maximum atomic E-state index is 10.7. The zero-order valence-corrected chi connectivity index (χ0v) is 16.6. The number of nitrogens with zero attached hydrogens (tertiary/aromatic N) is 2. The van der Waals surface area contributed by atoms with Crippen molar-refractivity contribution < 1.29 is 4.79 Å². The number of hydrogen-bond donors (Lipinski definition) is 0. The second-order valence-electron chi connectivity index (χ2n) is 6.04. The molecule has 2 aliphatic rings. The Kier molecular flexibility index (Phi) is 16.8. The Morgan fingerprint density at radius 2 is 1.18 bits per heavy atom. The van der Waals surface area contributed by atoms with Gasteiger partial charge >= 0.3 is 0 Å². The van der Waals surface area contributed by atoms with Crippen molar-refractivity contribution in [3.63, 3.8) is 0 Å². The van der Waals surface area contributed by atoms with Gasteiger partial charge in [-0.25, -0.2) is 0 Å². The smallest absolute Gasteiger partial charge is 0.148 e. The molecule has 22 heavy (non-hydrogen) atoms. The number of ketones is 1. The van der Waals surface area contributed by atoms with Gasteiger partial charge in [-0.2, -0.15) is 0 Å². The number of carbonyl (C=O) groups is 1. The van der Waals surface area contributed by atoms with Crippen LogP contribution in [0.2, 0.25) is 0 Å². The number of carbonyl (C=O) groups excluding carboxylic acids is 1. The lowest BCUT2D eigenvalue weighted by atomic mass is 10.1. The summed E-state index contributed by atoms with van der Waals surface area (Å²) in [4.78, 5) is 15.5. The van der Waals surface area contributed by atoms with Gasteiger partial charge in [-0.15, -0.1) is 0 Å². The zero-order chi connectivity index (χ0) is 17.5. The van der Waals surface area contributed by atoms with Crippen LogP contribution in [0.15, 0.2) is 0 Å². The van der Waals surface area contributed by atoms with Crippen molar-refractivity contribution in [3.8, 4) is 0 Å². The van der Waals surface area contributed by atoms with Crippen molar-refractivity contribution >= 4 is 5.78 Å². The van der Waals surface area contributed by atoms with Crippen molar-refractivity contribution in [1.29, 1.82) is 0 Å². The highest BCUT2D eigenvalue weighted by Gasteiger charge is 2.20. The normalized spacial score (nSPS) is 18.9. The first kappa shape index (κ1) is 23.9. The minimum absolute atomic E-state index is 0.392. The van der Waals surface area contributed by atoms with Crippen molar-refractivity contribution in [2.45, 2.75) is 93.2 Å². The van der Waals surface area contributed by atoms with E-state index >= 15 is 0 Å². The molecule has 2 fully saturated rings. The van der Waals surface area contributed by atoms with E-state index in [4.69, 9.17) is 0 Å². The molecule has 0 bridgehead atoms. The third-order valence-corrected chi connectivity index (χ3v) is 3.91. The van der Waals surface area contributed by atoms with Gasteiger partial charge in [0.15, 0.2) is 0 Å². The summed E-state index contributed by atoms with van der Waals surface area (Å²) in [5, 5.41) is 0. The van der Waals surface area contributed by atoms with Crippen LogP contribution >= 0.6 is 0 Å². The standard InChI is InChI=1S/C8H17N.C7H13NO.2C2H6/c1-8(2)9-6-4-3-5-7-9;1-6(2)8-4-3-7(9)5-8;2*1-2/h8H,3-7H2,1-2H3;6H,3-5H2,1-2H3;2*1-2H3. The maximum Gasteiger partial charge on any atom is 0.148 e. The largest absolute Gasteiger partial charge is 0.301 e. The van der Waals surface area contributed by atoms with Gasteiger partial charge in [-0.3, -0.25) is 9.69 Å². The molecular formula is C19H42N2O. The van der Waals surface area contributed by atoms with Crippen LogP contribution < -0.4 is 0 Å². The van der Waals surface area contributed by atoms with E-state index in [1.165, 1.54) is 32.4 Å². The van der Waals surface area contributed by atoms with Crippen LogP contribution in [0.25, 0.3) is 0 Å². The minimum Gasteiger partial charge on any atom is -0.301 e. The van der Waals surface area contributed by atoms with Crippen molar-refractivity contribution in [3.05, 3.63) is 0 Å². The van der Waals surface area contributed by atoms with Gasteiger partial charge in [0.25, 0.3) is 0 Å². The summed E-state index contributed by atoms with van der Waals surface area (Å²) in [6.07, 6.45) is 5.04. The van der Waals surface area contributed by atoms with E-state index in [9.17, 15) is 4.79 Å². The molecule has 0 N–H and O–H groups in total. The average molecular weight is 315 g/mol. The van der Waals surface area contributed by atoms with Gasteiger partial charge in [-0.1, -0.05) is 34.1 Å². The number of rotatable bonds is 2. The van der Waals surface area contributed by atoms with Crippen LogP contribution in [0.5, 0.6) is 0 Å². The fourth-order valence-electron chi connectivity index (χ4n) is 2.53. The summed E-state index contributed by atoms with van der Waals surface area (Å²) in [6, 6.07) is 1.31. The summed E-state index contributed by atoms with van der Waals surface area (Å²) in [6.45, 7) is 21.1. The zero-order valence-electron chi connectivity index (χ0n) is 16.6. The number of piperidine rings is 1. The number of likely N-dealkylation sites (tertiary alicyclic amines) is 2. The van der Waals surface area contributed by atoms with Gasteiger partial charge in [0.05, 0.1) is 6.54 Å². The third-order valence-electron chi connectivity index (χ3n) is 3.91. The molecule has 2 saturated heterocycles. The molecule has 134 valence electrons. The Balaban J connectivity index is 0. The lowest BCUT2D eigenvalue weighted by Crippen LogP contribution is -2.35. The van der Waals surface area contributed by atoms with E-state index in [0.29, 0.717) is 18.4 Å². The first-order valence-electron chi connectivity index (χ1n) is 9.50. The second kappa shape index (κ2) is 15.5. The number of hydrogen-bond acceptors (Lipinski definition) is 3. The summed E-state index contributed by atoms with van der Waals surface area (Å²) in [7, 11) is 0. The molecule has 0 aromatic carbocycles. The minimum atomic E-state index is 0.392. The molecule has 0 aliphatic carbocycles. The van der Waals surface area contributed by atoms with E-state index in [1.807, 2.05) is 27.7 Å². The van der Waals surface area contributed by atoms with Crippen molar-refractivity contribution in [2.24, 2.45) is 0 Å². The molecule has 0 spiro atoms. The highest BCUT2D eigenvalue weighted by molar-refractivity contribution is 5.82. The Hall–Kier alpha value is -0.410. The Bertz CT molecular complexity index is 246. The van der Waals surface area contributed by atoms with Crippen LogP contribution in [-0.4, -0.2) is 53.8 Å². The van der Waals surface area contributed by atoms with E-state index in [1.54, 1.807) is 0 Å². The molecule has 0 atom stereocenters. The van der Waals surface area contributed by atoms with Crippen LogP contribution in [0.3, 0.4) is 0 Å². The SMILES string of the molecule is CC.CC.CC(C)N1CCC(=O)C1.CC(C)N1CCCCC1. The third kappa shape index (κ3) is 11.2. The highest BCUT2D eigenvalue weighted by Crippen LogP contribution is 2.10. The van der Waals surface area contributed by atoms with Crippen molar-refractivity contribution in [1.82, 2.24) is 9.80 Å². The van der Waals surface area contributed by atoms with Crippen LogP contribution in [0, 0.1) is 0 Å². The van der Waals surface area contributed by atoms with E-state index in [0.717, 1.165) is 19.0 Å². The van der Waals surface area contributed by atoms with Crippen LogP contribution in [-0.2, 0) is 4.79 Å². The molecular weight excluding hydrogens is 272 g/mol. The quantitative estimate of drug-likeness (QED) is 0.744. The molecule has 0 unspecified atom stereocenters. The van der Waals surface area contributed by atoms with Crippen LogP contribution in [0.1, 0.15) is 81.1 Å². The molecule has 0 amide bonds. The topological polar surface area (TPSA) is 23.6 Å². The summed E-state index contributed by atoms with van der Waals surface area (Å²) in [5.41, 5.74) is 0. The van der Waals surface area contributed by atoms with E-state index < -0.39 is 0 Å². The predicted octanol–water partition coefficient (Wildman–Crippen LogP) is 4.60. The summed E-state index contributed by atoms with van der Waals surface area (Å²) < 4.78 is 0. The molecule has 2 heterocycles. The van der Waals surface area contributed by atoms with Crippen molar-refractivity contribution in [2.75, 3.05) is 26.2 Å². The molecule has 0 radical (unpaired) electrons. The maximum absolute atomic E-state index is 10.7. The predicted molar refractivity (Wildman–Crippen MR) is 99.6 cm³/mol. The van der Waals surface area contributed by atoms with Crippen LogP contribution in [0.4, 0.5) is 0 Å². The monoisotopic (exact) mass is 314 g/mol. The van der Waals surface area contributed by atoms with Gasteiger partial charge in [0.2, 0.25) is 0 Å². The molecule has 3 nitrogen and oxygen atoms in total. The van der Waals surface area contributed by atoms with E-state index in [-0.39, 0.29) is 0 Å². The number of Topliss-reactive ketones (excluding diaryl/α,β-unsaturated/α-hetero) is 1. The second-order valence-corrected chi connectivity index (χ2v) is 6.04. The Morgan fingerprint density at radius 1 is 0.727 bits per heavy atom.